The summed E-state index contributed by atoms with van der Waals surface area (Å²) in [5, 5.41) is 5.73. The van der Waals surface area contributed by atoms with Gasteiger partial charge in [-0.1, -0.05) is 55.7 Å². The van der Waals surface area contributed by atoms with E-state index in [4.69, 9.17) is 0 Å². The summed E-state index contributed by atoms with van der Waals surface area (Å²) in [7, 11) is 0. The number of hydrogen-bond donors (Lipinski definition) is 0. The normalized spacial score (nSPS) is 21.7. The third-order valence-electron chi connectivity index (χ3n) is 6.59. The van der Waals surface area contributed by atoms with Crippen molar-refractivity contribution in [3.63, 3.8) is 0 Å². The molecule has 2 aliphatic rings. The molecule has 5 rings (SSSR count). The van der Waals surface area contributed by atoms with Crippen LogP contribution in [-0.2, 0) is 0 Å². The number of piperidine rings is 1. The van der Waals surface area contributed by atoms with Gasteiger partial charge in [-0.2, -0.15) is 9.78 Å². The summed E-state index contributed by atoms with van der Waals surface area (Å²) in [6, 6.07) is 16.6. The second-order valence-electron chi connectivity index (χ2n) is 8.29. The minimum atomic E-state index is -0.200. The summed E-state index contributed by atoms with van der Waals surface area (Å²) in [5.41, 5.74) is 0.843. The van der Waals surface area contributed by atoms with Gasteiger partial charge in [0.15, 0.2) is 5.69 Å². The first-order valence-corrected chi connectivity index (χ1v) is 10.6. The van der Waals surface area contributed by atoms with Crippen molar-refractivity contribution in [3.05, 3.63) is 70.6 Å². The smallest absolute Gasteiger partial charge is 0.279 e. The van der Waals surface area contributed by atoms with Gasteiger partial charge in [0.25, 0.3) is 11.5 Å². The third kappa shape index (κ3) is 3.24. The van der Waals surface area contributed by atoms with Crippen molar-refractivity contribution in [2.75, 3.05) is 13.1 Å². The standard InChI is InChI=1S/C24H25N3O2/c28-23-21-13-7-6-12-20(21)22(25-27(23)19-10-2-1-3-11-19)24(29)26-15-14-17-8-4-5-9-18(17)16-26/h1-3,6-7,10-13,17-18H,4-5,8-9,14-16H2. The molecule has 1 amide bonds. The average Bonchev–Trinajstić information content (AvgIpc) is 2.79. The number of amides is 1. The van der Waals surface area contributed by atoms with E-state index >= 15 is 0 Å². The first-order chi connectivity index (χ1) is 14.2. The molecule has 5 nitrogen and oxygen atoms in total. The first-order valence-electron chi connectivity index (χ1n) is 10.6. The zero-order chi connectivity index (χ0) is 19.8. The molecule has 1 aromatic heterocycles. The van der Waals surface area contributed by atoms with Crippen LogP contribution in [0.25, 0.3) is 16.5 Å². The third-order valence-corrected chi connectivity index (χ3v) is 6.59. The van der Waals surface area contributed by atoms with Gasteiger partial charge >= 0.3 is 0 Å². The summed E-state index contributed by atoms with van der Waals surface area (Å²) in [6.07, 6.45) is 6.18. The first kappa shape index (κ1) is 18.1. The summed E-state index contributed by atoms with van der Waals surface area (Å²) < 4.78 is 1.36. The van der Waals surface area contributed by atoms with Gasteiger partial charge in [0.1, 0.15) is 0 Å². The second-order valence-corrected chi connectivity index (χ2v) is 8.29. The number of para-hydroxylation sites is 1. The fourth-order valence-corrected chi connectivity index (χ4v) is 5.03. The Morgan fingerprint density at radius 2 is 1.55 bits per heavy atom. The lowest BCUT2D eigenvalue weighted by Gasteiger charge is -2.41. The lowest BCUT2D eigenvalue weighted by Crippen LogP contribution is -2.45. The van der Waals surface area contributed by atoms with Crippen molar-refractivity contribution in [1.29, 1.82) is 0 Å². The summed E-state index contributed by atoms with van der Waals surface area (Å²) in [6.45, 7) is 1.59. The molecule has 1 aliphatic heterocycles. The van der Waals surface area contributed by atoms with Gasteiger partial charge < -0.3 is 4.90 Å². The van der Waals surface area contributed by atoms with E-state index in [0.717, 1.165) is 25.4 Å². The molecule has 148 valence electrons. The Morgan fingerprint density at radius 1 is 0.862 bits per heavy atom. The second kappa shape index (κ2) is 7.47. The number of carbonyl (C=O) groups excluding carboxylic acids is 1. The lowest BCUT2D eigenvalue weighted by molar-refractivity contribution is 0.0516. The van der Waals surface area contributed by atoms with E-state index in [-0.39, 0.29) is 11.5 Å². The predicted octanol–water partition coefficient (Wildman–Crippen LogP) is 4.04. The molecule has 0 spiro atoms. The summed E-state index contributed by atoms with van der Waals surface area (Å²) >= 11 is 0. The number of fused-ring (bicyclic) bond motifs is 2. The minimum absolute atomic E-state index is 0.0603. The number of likely N-dealkylation sites (tertiary alicyclic amines) is 1. The largest absolute Gasteiger partial charge is 0.337 e. The van der Waals surface area contributed by atoms with Crippen LogP contribution >= 0.6 is 0 Å². The van der Waals surface area contributed by atoms with Crippen molar-refractivity contribution >= 4 is 16.7 Å². The molecule has 2 heterocycles. The molecule has 2 fully saturated rings. The van der Waals surface area contributed by atoms with E-state index in [1.54, 1.807) is 6.07 Å². The summed E-state index contributed by atoms with van der Waals surface area (Å²) in [5.74, 6) is 1.30. The Kier molecular flexibility index (Phi) is 4.66. The van der Waals surface area contributed by atoms with Crippen molar-refractivity contribution in [2.45, 2.75) is 32.1 Å². The van der Waals surface area contributed by atoms with E-state index in [1.165, 1.54) is 30.4 Å². The molecule has 1 saturated heterocycles. The Hall–Kier alpha value is -2.95. The number of aromatic nitrogens is 2. The molecule has 2 unspecified atom stereocenters. The van der Waals surface area contributed by atoms with E-state index in [1.807, 2.05) is 53.4 Å². The van der Waals surface area contributed by atoms with Crippen molar-refractivity contribution in [1.82, 2.24) is 14.7 Å². The van der Waals surface area contributed by atoms with Crippen LogP contribution in [0.5, 0.6) is 0 Å². The molecule has 0 bridgehead atoms. The van der Waals surface area contributed by atoms with Crippen LogP contribution in [0.3, 0.4) is 0 Å². The zero-order valence-corrected chi connectivity index (χ0v) is 16.5. The topological polar surface area (TPSA) is 55.2 Å². The van der Waals surface area contributed by atoms with E-state index in [9.17, 15) is 9.59 Å². The highest BCUT2D eigenvalue weighted by Crippen LogP contribution is 2.36. The van der Waals surface area contributed by atoms with Crippen molar-refractivity contribution < 1.29 is 4.79 Å². The minimum Gasteiger partial charge on any atom is -0.337 e. The van der Waals surface area contributed by atoms with Gasteiger partial charge in [0.05, 0.1) is 11.1 Å². The molecule has 3 aromatic rings. The highest BCUT2D eigenvalue weighted by atomic mass is 16.2. The fraction of sp³-hybridized carbons (Fsp3) is 0.375. The monoisotopic (exact) mass is 387 g/mol. The Morgan fingerprint density at radius 3 is 2.34 bits per heavy atom. The maximum Gasteiger partial charge on any atom is 0.279 e. The van der Waals surface area contributed by atoms with Gasteiger partial charge in [-0.25, -0.2) is 0 Å². The van der Waals surface area contributed by atoms with Crippen LogP contribution in [0.15, 0.2) is 59.4 Å². The number of benzene rings is 2. The molecule has 2 atom stereocenters. The number of hydrogen-bond acceptors (Lipinski definition) is 3. The van der Waals surface area contributed by atoms with E-state index in [2.05, 4.69) is 5.10 Å². The SMILES string of the molecule is O=C(c1nn(-c2ccccc2)c(=O)c2ccccc12)N1CCC2CCCCC2C1. The van der Waals surface area contributed by atoms with Crippen LogP contribution in [0.4, 0.5) is 0 Å². The fourth-order valence-electron chi connectivity index (χ4n) is 5.03. The molecule has 1 saturated carbocycles. The Bertz CT molecular complexity index is 1110. The highest BCUT2D eigenvalue weighted by Gasteiger charge is 2.34. The molecular formula is C24H25N3O2. The Labute approximate surface area is 170 Å². The van der Waals surface area contributed by atoms with Crippen molar-refractivity contribution in [3.8, 4) is 5.69 Å². The van der Waals surface area contributed by atoms with Crippen molar-refractivity contribution in [2.24, 2.45) is 11.8 Å². The molecule has 2 aromatic carbocycles. The highest BCUT2D eigenvalue weighted by molar-refractivity contribution is 6.04. The van der Waals surface area contributed by atoms with Crippen LogP contribution in [0, 0.1) is 11.8 Å². The van der Waals surface area contributed by atoms with Gasteiger partial charge in [-0.15, -0.1) is 0 Å². The Balaban J connectivity index is 1.58. The van der Waals surface area contributed by atoms with Gasteiger partial charge in [0.2, 0.25) is 0 Å². The van der Waals surface area contributed by atoms with Crippen LogP contribution in [0.1, 0.15) is 42.6 Å². The molecule has 0 N–H and O–H groups in total. The molecular weight excluding hydrogens is 362 g/mol. The zero-order valence-electron chi connectivity index (χ0n) is 16.5. The number of rotatable bonds is 2. The molecule has 29 heavy (non-hydrogen) atoms. The van der Waals surface area contributed by atoms with E-state index < -0.39 is 0 Å². The number of carbonyl (C=O) groups is 1. The predicted molar refractivity (Wildman–Crippen MR) is 113 cm³/mol. The average molecular weight is 387 g/mol. The molecule has 5 heteroatoms. The van der Waals surface area contributed by atoms with Gasteiger partial charge in [-0.05, 0) is 42.9 Å². The lowest BCUT2D eigenvalue weighted by atomic mass is 9.75. The summed E-state index contributed by atoms with van der Waals surface area (Å²) in [4.78, 5) is 28.5. The maximum absolute atomic E-state index is 13.5. The maximum atomic E-state index is 13.5. The molecule has 1 aliphatic carbocycles. The van der Waals surface area contributed by atoms with Crippen LogP contribution < -0.4 is 5.56 Å². The van der Waals surface area contributed by atoms with Crippen LogP contribution in [-0.4, -0.2) is 33.7 Å². The quantitative estimate of drug-likeness (QED) is 0.667. The van der Waals surface area contributed by atoms with Gasteiger partial charge in [-0.3, -0.25) is 9.59 Å². The van der Waals surface area contributed by atoms with Gasteiger partial charge in [0, 0.05) is 18.5 Å². The van der Waals surface area contributed by atoms with E-state index in [0.29, 0.717) is 28.1 Å². The van der Waals surface area contributed by atoms with Crippen LogP contribution in [0.2, 0.25) is 0 Å². The molecule has 0 radical (unpaired) electrons. The number of nitrogens with zero attached hydrogens (tertiary/aromatic N) is 3.